The molecule has 0 bridgehead atoms. The molecule has 8 N–H and O–H groups in total. The first kappa shape index (κ1) is 13.1. The molecule has 0 fully saturated rings. The van der Waals surface area contributed by atoms with Crippen LogP contribution in [-0.4, -0.2) is 65.0 Å². The topological polar surface area (TPSA) is 162 Å². The van der Waals surface area contributed by atoms with Gasteiger partial charge >= 0.3 is 0 Å². The first-order valence-electron chi connectivity index (χ1n) is 3.10. The number of hydrogen-bond donors (Lipinski definition) is 8. The summed E-state index contributed by atoms with van der Waals surface area (Å²) in [6, 6.07) is -10.5. The Morgan fingerprint density at radius 1 is 0.462 bits per heavy atom. The lowest BCUT2D eigenvalue weighted by Gasteiger charge is -2.30. The van der Waals surface area contributed by atoms with E-state index in [1.54, 1.807) is 0 Å². The zero-order valence-electron chi connectivity index (χ0n) is 6.33. The van der Waals surface area contributed by atoms with Crippen LogP contribution in [0.5, 0.6) is 0 Å². The van der Waals surface area contributed by atoms with Gasteiger partial charge in [0.15, 0.2) is 0 Å². The smallest absolute Gasteiger partial charge is 0.284 e. The van der Waals surface area contributed by atoms with Crippen molar-refractivity contribution in [1.82, 2.24) is 0 Å². The minimum Gasteiger partial charge on any atom is -0.337 e. The average Bonchev–Trinajstić information content (AvgIpc) is 1.82. The number of rotatable bonds is 4. The molecular weight excluding hydrogens is 207 g/mol. The van der Waals surface area contributed by atoms with E-state index in [1.165, 1.54) is 0 Å². The summed E-state index contributed by atoms with van der Waals surface area (Å²) < 4.78 is 0. The van der Waals surface area contributed by atoms with E-state index in [1.807, 2.05) is 0 Å². The molecule has 0 heterocycles. The monoisotopic (exact) mass is 219 g/mol. The van der Waals surface area contributed by atoms with Gasteiger partial charge in [0.1, 0.15) is 0 Å². The van der Waals surface area contributed by atoms with Crippen molar-refractivity contribution in [2.24, 2.45) is 0 Å². The largest absolute Gasteiger partial charge is 0.337 e. The molecule has 0 aliphatic heterocycles. The number of hydrogen-bond acceptors (Lipinski definition) is 8. The van der Waals surface area contributed by atoms with Crippen molar-refractivity contribution >= 4 is 7.26 Å². The fourth-order valence-electron chi connectivity index (χ4n) is 0.716. The van der Waals surface area contributed by atoms with E-state index < -0.39 is 31.4 Å². The third-order valence-electron chi connectivity index (χ3n) is 1.60. The zero-order valence-corrected chi connectivity index (χ0v) is 7.23. The molecule has 0 amide bonds. The predicted octanol–water partition coefficient (Wildman–Crippen LogP) is -3.92. The van der Waals surface area contributed by atoms with Gasteiger partial charge in [-0.2, -0.15) is 0 Å². The summed E-state index contributed by atoms with van der Waals surface area (Å²) in [5.74, 6) is 0. The Hall–Kier alpha value is 0.110. The number of aliphatic hydroxyl groups is 8. The summed E-state index contributed by atoms with van der Waals surface area (Å²) >= 11 is 0. The molecule has 0 rings (SSSR count). The fourth-order valence-corrected chi connectivity index (χ4v) is 2.15. The Kier molecular flexibility index (Phi) is 4.60. The van der Waals surface area contributed by atoms with Crippen molar-refractivity contribution in [2.45, 2.75) is 24.1 Å². The van der Waals surface area contributed by atoms with E-state index in [9.17, 15) is 0 Å². The van der Waals surface area contributed by atoms with Crippen LogP contribution in [0.25, 0.3) is 0 Å². The Labute approximate surface area is 73.3 Å². The highest BCUT2D eigenvalue weighted by atomic mass is 31.2. The molecule has 0 aromatic heterocycles. The summed E-state index contributed by atoms with van der Waals surface area (Å²) in [5, 5.41) is 69.0. The highest BCUT2D eigenvalue weighted by molar-refractivity contribution is 7.76. The second kappa shape index (κ2) is 4.56. The molecule has 0 unspecified atom stereocenters. The highest BCUT2D eigenvalue weighted by Crippen LogP contribution is 2.68. The molecule has 0 aromatic rings. The molecule has 0 spiro atoms. The van der Waals surface area contributed by atoms with Crippen LogP contribution < -0.4 is 0 Å². The molecule has 0 radical (unpaired) electrons. The lowest BCUT2D eigenvalue weighted by molar-refractivity contribution is -0.0698. The van der Waals surface area contributed by atoms with Crippen molar-refractivity contribution < 1.29 is 40.9 Å². The summed E-state index contributed by atoms with van der Waals surface area (Å²) in [7, 11) is -4.34. The van der Waals surface area contributed by atoms with E-state index in [4.69, 9.17) is 40.9 Å². The Morgan fingerprint density at radius 2 is 0.615 bits per heavy atom. The van der Waals surface area contributed by atoms with Crippen molar-refractivity contribution in [3.8, 4) is 0 Å². The quantitative estimate of drug-likeness (QED) is 0.175. The average molecular weight is 219 g/mol. The fraction of sp³-hybridized carbons (Fsp3) is 1.00. The molecule has 9 heteroatoms. The molecule has 0 aliphatic carbocycles. The van der Waals surface area contributed by atoms with Gasteiger partial charge in [-0.3, -0.25) is 0 Å². The maximum Gasteiger partial charge on any atom is 0.284 e. The van der Waals surface area contributed by atoms with Gasteiger partial charge in [-0.1, -0.05) is 0 Å². The van der Waals surface area contributed by atoms with Crippen LogP contribution in [0.1, 0.15) is 0 Å². The van der Waals surface area contributed by atoms with Gasteiger partial charge in [0, 0.05) is 0 Å². The van der Waals surface area contributed by atoms with Gasteiger partial charge in [0.05, 0.1) is 0 Å². The minimum absolute atomic E-state index is 2.62. The van der Waals surface area contributed by atoms with Crippen LogP contribution in [-0.2, 0) is 0 Å². The van der Waals surface area contributed by atoms with Crippen molar-refractivity contribution in [2.75, 3.05) is 0 Å². The molecule has 13 heavy (non-hydrogen) atoms. The van der Waals surface area contributed by atoms with Gasteiger partial charge < -0.3 is 40.9 Å². The Morgan fingerprint density at radius 3 is 0.615 bits per heavy atom. The van der Waals surface area contributed by atoms with E-state index in [0.29, 0.717) is 0 Å². The maximum absolute atomic E-state index is 8.62. The van der Waals surface area contributed by atoms with Crippen molar-refractivity contribution in [1.29, 1.82) is 0 Å². The SMILES string of the molecule is OC(O)[P+](C(O)O)(C(O)O)C(O)O. The molecule has 0 aromatic carbocycles. The Balaban J connectivity index is 5.06. The normalized spacial score (nSPS) is 13.8. The molecule has 80 valence electrons. The lowest BCUT2D eigenvalue weighted by atomic mass is 11.4. The van der Waals surface area contributed by atoms with Crippen LogP contribution in [0.15, 0.2) is 0 Å². The van der Waals surface area contributed by atoms with Crippen LogP contribution >= 0.6 is 7.26 Å². The second-order valence-corrected chi connectivity index (χ2v) is 5.92. The summed E-state index contributed by atoms with van der Waals surface area (Å²) in [4.78, 5) is 0. The van der Waals surface area contributed by atoms with E-state index in [-0.39, 0.29) is 0 Å². The molecule has 0 aliphatic rings. The summed E-state index contributed by atoms with van der Waals surface area (Å²) in [6.07, 6.45) is 0. The van der Waals surface area contributed by atoms with Gasteiger partial charge in [0.2, 0.25) is 7.26 Å². The van der Waals surface area contributed by atoms with Crippen molar-refractivity contribution in [3.63, 3.8) is 0 Å². The highest BCUT2D eigenvalue weighted by Gasteiger charge is 2.64. The first-order valence-corrected chi connectivity index (χ1v) is 5.16. The van der Waals surface area contributed by atoms with Gasteiger partial charge in [-0.25, -0.2) is 0 Å². The van der Waals surface area contributed by atoms with E-state index in [0.717, 1.165) is 0 Å². The number of aliphatic hydroxyl groups excluding tert-OH is 4. The van der Waals surface area contributed by atoms with E-state index >= 15 is 0 Å². The molecular formula is C4H12O8P+. The first-order chi connectivity index (χ1) is 5.77. The van der Waals surface area contributed by atoms with Gasteiger partial charge in [-0.15, -0.1) is 0 Å². The maximum atomic E-state index is 8.62. The predicted molar refractivity (Wildman–Crippen MR) is 39.8 cm³/mol. The zero-order chi connectivity index (χ0) is 10.8. The molecule has 8 nitrogen and oxygen atoms in total. The van der Waals surface area contributed by atoms with Crippen molar-refractivity contribution in [3.05, 3.63) is 0 Å². The van der Waals surface area contributed by atoms with Crippen LogP contribution in [0.3, 0.4) is 0 Å². The van der Waals surface area contributed by atoms with E-state index in [2.05, 4.69) is 0 Å². The summed E-state index contributed by atoms with van der Waals surface area (Å²) in [5.41, 5.74) is 0. The van der Waals surface area contributed by atoms with Gasteiger partial charge in [0.25, 0.3) is 24.1 Å². The second-order valence-electron chi connectivity index (χ2n) is 2.28. The Bertz CT molecular complexity index is 119. The third kappa shape index (κ3) is 2.13. The molecule has 0 saturated carbocycles. The summed E-state index contributed by atoms with van der Waals surface area (Å²) in [6.45, 7) is 0. The van der Waals surface area contributed by atoms with Crippen LogP contribution in [0.4, 0.5) is 0 Å². The minimum atomic E-state index is -4.34. The molecule has 0 atom stereocenters. The molecule has 0 saturated heterocycles. The van der Waals surface area contributed by atoms with Crippen LogP contribution in [0, 0.1) is 0 Å². The van der Waals surface area contributed by atoms with Crippen LogP contribution in [0.2, 0.25) is 0 Å². The van der Waals surface area contributed by atoms with Gasteiger partial charge in [-0.05, 0) is 0 Å². The third-order valence-corrected chi connectivity index (χ3v) is 4.80. The standard InChI is InChI=1S/C4H12O8P/c5-1(6)13(2(7)8,3(9)10)4(11)12/h1-12H/q+1. The lowest BCUT2D eigenvalue weighted by Crippen LogP contribution is -2.39.